The Bertz CT molecular complexity index is 870. The van der Waals surface area contributed by atoms with Gasteiger partial charge in [0.15, 0.2) is 5.69 Å². The first-order chi connectivity index (χ1) is 12.1. The molecule has 2 N–H and O–H groups in total. The molecule has 3 aromatic rings. The van der Waals surface area contributed by atoms with Gasteiger partial charge in [-0.2, -0.15) is 5.10 Å². The first kappa shape index (κ1) is 16.4. The summed E-state index contributed by atoms with van der Waals surface area (Å²) in [6.45, 7) is 2.17. The number of rotatable bonds is 6. The van der Waals surface area contributed by atoms with Gasteiger partial charge in [-0.05, 0) is 30.7 Å². The Kier molecular flexibility index (Phi) is 4.89. The monoisotopic (exact) mass is 339 g/mol. The topological polar surface area (TPSA) is 102 Å². The summed E-state index contributed by atoms with van der Waals surface area (Å²) >= 11 is 0. The lowest BCUT2D eigenvalue weighted by Gasteiger charge is -2.08. The Morgan fingerprint density at radius 3 is 2.84 bits per heavy atom. The van der Waals surface area contributed by atoms with Gasteiger partial charge < -0.3 is 15.2 Å². The molecule has 0 bridgehead atoms. The molecule has 2 amide bonds. The highest BCUT2D eigenvalue weighted by Crippen LogP contribution is 2.11. The van der Waals surface area contributed by atoms with Crippen LogP contribution in [0.1, 0.15) is 21.8 Å². The average Bonchev–Trinajstić information content (AvgIpc) is 3.24. The number of amides is 2. The molecular formula is C17H17N5O3. The molecule has 0 radical (unpaired) electrons. The van der Waals surface area contributed by atoms with E-state index in [0.29, 0.717) is 18.0 Å². The molecule has 0 atom stereocenters. The number of aryl methyl sites for hydroxylation is 1. The summed E-state index contributed by atoms with van der Waals surface area (Å²) in [5.74, 6) is 0.0833. The Labute approximate surface area is 143 Å². The summed E-state index contributed by atoms with van der Waals surface area (Å²) in [4.78, 5) is 23.9. The summed E-state index contributed by atoms with van der Waals surface area (Å²) in [6, 6.07) is 10.6. The molecule has 0 saturated carbocycles. The number of nitrogens with one attached hydrogen (secondary N) is 2. The number of carbonyl (C=O) groups is 2. The van der Waals surface area contributed by atoms with Crippen LogP contribution in [0.5, 0.6) is 0 Å². The van der Waals surface area contributed by atoms with Gasteiger partial charge in [0.2, 0.25) is 5.91 Å². The SMILES string of the molecule is Cc1cc(C(=O)NCc2cccc(NC(=O)Cn3cccn3)c2)no1. The molecule has 8 heteroatoms. The van der Waals surface area contributed by atoms with E-state index >= 15 is 0 Å². The molecule has 0 aliphatic carbocycles. The number of aromatic nitrogens is 3. The Hall–Kier alpha value is -3.42. The molecule has 0 aliphatic rings. The van der Waals surface area contributed by atoms with Gasteiger partial charge in [-0.15, -0.1) is 0 Å². The first-order valence-corrected chi connectivity index (χ1v) is 7.68. The van der Waals surface area contributed by atoms with E-state index in [1.54, 1.807) is 48.3 Å². The highest BCUT2D eigenvalue weighted by atomic mass is 16.5. The molecule has 2 heterocycles. The molecule has 0 spiro atoms. The third-order valence-electron chi connectivity index (χ3n) is 3.39. The van der Waals surface area contributed by atoms with Crippen molar-refractivity contribution in [1.29, 1.82) is 0 Å². The number of benzene rings is 1. The maximum atomic E-state index is 12.0. The predicted octanol–water partition coefficient (Wildman–Crippen LogP) is 1.75. The quantitative estimate of drug-likeness (QED) is 0.712. The van der Waals surface area contributed by atoms with Crippen molar-refractivity contribution in [3.8, 4) is 0 Å². The van der Waals surface area contributed by atoms with Gasteiger partial charge in [0, 0.05) is 30.7 Å². The maximum Gasteiger partial charge on any atom is 0.273 e. The lowest BCUT2D eigenvalue weighted by Crippen LogP contribution is -2.23. The Morgan fingerprint density at radius 1 is 1.24 bits per heavy atom. The molecule has 0 saturated heterocycles. The van der Waals surface area contributed by atoms with Crippen molar-refractivity contribution >= 4 is 17.5 Å². The van der Waals surface area contributed by atoms with Crippen molar-refractivity contribution in [2.24, 2.45) is 0 Å². The number of hydrogen-bond acceptors (Lipinski definition) is 5. The van der Waals surface area contributed by atoms with Crippen LogP contribution in [-0.4, -0.2) is 26.8 Å². The molecule has 128 valence electrons. The minimum absolute atomic E-state index is 0.138. The minimum atomic E-state index is -0.315. The van der Waals surface area contributed by atoms with E-state index in [4.69, 9.17) is 4.52 Å². The minimum Gasteiger partial charge on any atom is -0.361 e. The second-order valence-electron chi connectivity index (χ2n) is 5.46. The molecule has 1 aromatic carbocycles. The van der Waals surface area contributed by atoms with Gasteiger partial charge in [0.25, 0.3) is 5.91 Å². The Balaban J connectivity index is 1.55. The molecule has 3 rings (SSSR count). The predicted molar refractivity (Wildman–Crippen MR) is 89.7 cm³/mol. The van der Waals surface area contributed by atoms with Crippen LogP contribution in [-0.2, 0) is 17.9 Å². The van der Waals surface area contributed by atoms with Crippen LogP contribution in [0.2, 0.25) is 0 Å². The highest BCUT2D eigenvalue weighted by Gasteiger charge is 2.10. The van der Waals surface area contributed by atoms with E-state index in [9.17, 15) is 9.59 Å². The fourth-order valence-corrected chi connectivity index (χ4v) is 2.25. The van der Waals surface area contributed by atoms with Crippen LogP contribution in [0.4, 0.5) is 5.69 Å². The van der Waals surface area contributed by atoms with E-state index in [0.717, 1.165) is 5.56 Å². The summed E-state index contributed by atoms with van der Waals surface area (Å²) in [5, 5.41) is 13.2. The molecular weight excluding hydrogens is 322 g/mol. The Morgan fingerprint density at radius 2 is 2.12 bits per heavy atom. The van der Waals surface area contributed by atoms with Crippen LogP contribution in [0.3, 0.4) is 0 Å². The van der Waals surface area contributed by atoms with Crippen molar-refractivity contribution in [2.75, 3.05) is 5.32 Å². The molecule has 0 fully saturated rings. The smallest absolute Gasteiger partial charge is 0.273 e. The summed E-state index contributed by atoms with van der Waals surface area (Å²) < 4.78 is 6.42. The molecule has 25 heavy (non-hydrogen) atoms. The molecule has 8 nitrogen and oxygen atoms in total. The zero-order valence-corrected chi connectivity index (χ0v) is 13.6. The van der Waals surface area contributed by atoms with Crippen LogP contribution in [0.15, 0.2) is 53.3 Å². The van der Waals surface area contributed by atoms with E-state index < -0.39 is 0 Å². The van der Waals surface area contributed by atoms with Crippen LogP contribution >= 0.6 is 0 Å². The van der Waals surface area contributed by atoms with E-state index in [2.05, 4.69) is 20.9 Å². The van der Waals surface area contributed by atoms with Gasteiger partial charge in [0.05, 0.1) is 0 Å². The van der Waals surface area contributed by atoms with Crippen molar-refractivity contribution < 1.29 is 14.1 Å². The van der Waals surface area contributed by atoms with Crippen LogP contribution in [0.25, 0.3) is 0 Å². The van der Waals surface area contributed by atoms with Crippen molar-refractivity contribution in [3.63, 3.8) is 0 Å². The van der Waals surface area contributed by atoms with Crippen LogP contribution in [0, 0.1) is 6.92 Å². The largest absolute Gasteiger partial charge is 0.361 e. The lowest BCUT2D eigenvalue weighted by atomic mass is 10.2. The summed E-state index contributed by atoms with van der Waals surface area (Å²) in [6.07, 6.45) is 3.34. The van der Waals surface area contributed by atoms with Gasteiger partial charge in [-0.1, -0.05) is 17.3 Å². The van der Waals surface area contributed by atoms with Crippen molar-refractivity contribution in [2.45, 2.75) is 20.0 Å². The maximum absolute atomic E-state index is 12.0. The summed E-state index contributed by atoms with van der Waals surface area (Å²) in [7, 11) is 0. The third-order valence-corrected chi connectivity index (χ3v) is 3.39. The first-order valence-electron chi connectivity index (χ1n) is 7.68. The van der Waals surface area contributed by atoms with Gasteiger partial charge >= 0.3 is 0 Å². The molecule has 0 unspecified atom stereocenters. The average molecular weight is 339 g/mol. The number of anilines is 1. The van der Waals surface area contributed by atoms with Gasteiger partial charge in [0.1, 0.15) is 12.3 Å². The number of carbonyl (C=O) groups excluding carboxylic acids is 2. The second-order valence-corrected chi connectivity index (χ2v) is 5.46. The highest BCUT2D eigenvalue weighted by molar-refractivity contribution is 5.92. The summed E-state index contributed by atoms with van der Waals surface area (Å²) in [5.41, 5.74) is 1.74. The zero-order valence-electron chi connectivity index (χ0n) is 13.6. The fraction of sp³-hybridized carbons (Fsp3) is 0.176. The fourth-order valence-electron chi connectivity index (χ4n) is 2.25. The van der Waals surface area contributed by atoms with Gasteiger partial charge in [-0.3, -0.25) is 14.3 Å². The molecule has 0 aliphatic heterocycles. The normalized spacial score (nSPS) is 10.4. The lowest BCUT2D eigenvalue weighted by molar-refractivity contribution is -0.116. The zero-order chi connectivity index (χ0) is 17.6. The van der Waals surface area contributed by atoms with E-state index in [1.807, 2.05) is 12.1 Å². The molecule has 2 aromatic heterocycles. The standard InChI is InChI=1S/C17H17N5O3/c1-12-8-15(21-25-12)17(24)18-10-13-4-2-5-14(9-13)20-16(23)11-22-7-3-6-19-22/h2-9H,10-11H2,1H3,(H,18,24)(H,20,23). The van der Waals surface area contributed by atoms with Crippen molar-refractivity contribution in [1.82, 2.24) is 20.3 Å². The third kappa shape index (κ3) is 4.54. The van der Waals surface area contributed by atoms with Crippen LogP contribution < -0.4 is 10.6 Å². The van der Waals surface area contributed by atoms with E-state index in [1.165, 1.54) is 0 Å². The van der Waals surface area contributed by atoms with E-state index in [-0.39, 0.29) is 24.1 Å². The second kappa shape index (κ2) is 7.43. The van der Waals surface area contributed by atoms with Gasteiger partial charge in [-0.25, -0.2) is 0 Å². The van der Waals surface area contributed by atoms with Crippen molar-refractivity contribution in [3.05, 3.63) is 65.8 Å². The number of hydrogen-bond donors (Lipinski definition) is 2. The number of nitrogens with zero attached hydrogens (tertiary/aromatic N) is 3.